The van der Waals surface area contributed by atoms with Gasteiger partial charge in [0.1, 0.15) is 58.7 Å². The molecule has 4 aromatic heterocycles. The molecule has 24 heteroatoms. The number of nitrogens with two attached hydrogens (primary N) is 1. The lowest BCUT2D eigenvalue weighted by molar-refractivity contribution is -0.144. The number of alkyl halides is 7. The van der Waals surface area contributed by atoms with Crippen molar-refractivity contribution in [3.8, 4) is 47.2 Å². The van der Waals surface area contributed by atoms with Crippen LogP contribution in [-0.2, 0) is 23.6 Å². The number of nitrogens with one attached hydrogen (secondary N) is 1. The van der Waals surface area contributed by atoms with Gasteiger partial charge in [-0.1, -0.05) is 17.9 Å². The van der Waals surface area contributed by atoms with E-state index >= 15 is 4.39 Å². The maximum absolute atomic E-state index is 16.7. The number of aromatic hydroxyl groups is 1. The van der Waals surface area contributed by atoms with Crippen LogP contribution in [-0.4, -0.2) is 109 Å². The Morgan fingerprint density at radius 3 is 2.38 bits per heavy atom. The van der Waals surface area contributed by atoms with Gasteiger partial charge in [0, 0.05) is 67.2 Å². The Bertz CT molecular complexity index is 3580. The van der Waals surface area contributed by atoms with Crippen LogP contribution in [0.4, 0.5) is 61.2 Å². The van der Waals surface area contributed by atoms with Crippen molar-refractivity contribution in [3.05, 3.63) is 125 Å². The van der Waals surface area contributed by atoms with Crippen LogP contribution in [0.25, 0.3) is 32.9 Å². The summed E-state index contributed by atoms with van der Waals surface area (Å²) < 4.78 is 144. The third kappa shape index (κ3) is 11.3. The van der Waals surface area contributed by atoms with Crippen molar-refractivity contribution < 1.29 is 58.5 Å². The zero-order valence-corrected chi connectivity index (χ0v) is 41.4. The van der Waals surface area contributed by atoms with Crippen molar-refractivity contribution in [1.29, 1.82) is 0 Å². The Morgan fingerprint density at radius 1 is 0.924 bits per heavy atom. The summed E-state index contributed by atoms with van der Waals surface area (Å²) in [4.78, 5) is 35.2. The summed E-state index contributed by atoms with van der Waals surface area (Å²) in [6, 6.07) is 13.3. The Balaban J connectivity index is 0.000000184. The Kier molecular flexibility index (Phi) is 14.7. The van der Waals surface area contributed by atoms with Crippen molar-refractivity contribution in [2.75, 3.05) is 54.9 Å². The summed E-state index contributed by atoms with van der Waals surface area (Å²) in [5, 5.41) is 22.6. The van der Waals surface area contributed by atoms with Gasteiger partial charge in [0.05, 0.1) is 46.3 Å². The molecule has 14 nitrogen and oxygen atoms in total. The third-order valence-electron chi connectivity index (χ3n) is 14.3. The maximum Gasteiger partial charge on any atom is 0.418 e. The summed E-state index contributed by atoms with van der Waals surface area (Å²) in [5.41, 5.74) is 1.04. The predicted molar refractivity (Wildman–Crippen MR) is 271 cm³/mol. The van der Waals surface area contributed by atoms with Crippen LogP contribution in [0.2, 0.25) is 0 Å². The first-order valence-electron chi connectivity index (χ1n) is 24.7. The molecule has 7 aromatic rings. The van der Waals surface area contributed by atoms with Crippen molar-refractivity contribution in [2.45, 2.75) is 74.7 Å². The molecule has 4 saturated heterocycles. The van der Waals surface area contributed by atoms with Gasteiger partial charge in [0.2, 0.25) is 5.91 Å². The first kappa shape index (κ1) is 54.0. The molecular weight excluding hydrogens is 1050 g/mol. The van der Waals surface area contributed by atoms with E-state index in [2.05, 4.69) is 58.0 Å². The molecule has 4 fully saturated rings. The number of rotatable bonds is 9. The number of terminal acetylenes is 1. The molecule has 0 radical (unpaired) electrons. The molecule has 2 bridgehead atoms. The van der Waals surface area contributed by atoms with E-state index in [9.17, 15) is 49.4 Å². The van der Waals surface area contributed by atoms with Crippen LogP contribution in [0.5, 0.6) is 11.8 Å². The molecule has 4 unspecified atom stereocenters. The van der Waals surface area contributed by atoms with E-state index in [-0.39, 0.29) is 82.1 Å². The molecule has 0 aliphatic carbocycles. The number of benzene rings is 3. The van der Waals surface area contributed by atoms with Crippen molar-refractivity contribution in [3.63, 3.8) is 0 Å². The number of phenols is 1. The molecule has 79 heavy (non-hydrogen) atoms. The maximum atomic E-state index is 16.7. The highest BCUT2D eigenvalue weighted by molar-refractivity contribution is 6.03. The fraction of sp³-hybridized carbons (Fsp3) is 0.327. The number of nitrogen functional groups attached to an aromatic ring is 1. The number of piperazine rings is 1. The highest BCUT2D eigenvalue weighted by Gasteiger charge is 2.49. The highest BCUT2D eigenvalue weighted by Crippen LogP contribution is 2.43. The third-order valence-corrected chi connectivity index (χ3v) is 14.3. The van der Waals surface area contributed by atoms with Crippen LogP contribution < -0.4 is 25.6 Å². The van der Waals surface area contributed by atoms with E-state index in [1.165, 1.54) is 54.7 Å². The number of halogens is 10. The number of carbonyl (C=O) groups is 1. The van der Waals surface area contributed by atoms with Gasteiger partial charge in [0.25, 0.3) is 0 Å². The topological polar surface area (TPSA) is 172 Å². The average Bonchev–Trinajstić information content (AvgIpc) is 4.25. The van der Waals surface area contributed by atoms with Crippen LogP contribution in [0.1, 0.15) is 60.2 Å². The predicted octanol–water partition coefficient (Wildman–Crippen LogP) is 8.96. The van der Waals surface area contributed by atoms with Crippen LogP contribution in [0.3, 0.4) is 0 Å². The van der Waals surface area contributed by atoms with Crippen molar-refractivity contribution >= 4 is 44.9 Å². The lowest BCUT2D eigenvalue weighted by atomic mass is 9.95. The first-order chi connectivity index (χ1) is 37.7. The Morgan fingerprint density at radius 2 is 1.68 bits per heavy atom. The zero-order chi connectivity index (χ0) is 56.0. The van der Waals surface area contributed by atoms with E-state index in [1.807, 2.05) is 0 Å². The second-order valence-corrected chi connectivity index (χ2v) is 19.6. The monoisotopic (exact) mass is 1100 g/mol. The molecule has 4 aliphatic heterocycles. The standard InChI is InChI=1S/C33H31F3N6O2.C22H14F7N5O/c1-2-23-26(35)7-4-18-10-22(43)11-24(27(18)23)29-28(36)30-25(13-37-29)31(41-15-20-5-6-21(16-41)38-20)40-32(39-30)44-17-33-8-3-9-42(33)14-19(34)12-33;23-14-3-6-16(7-4-14)34(9-1-2-15-5-8-19(30)33-32-15)20(35)11-18-17(22(27,28)29)10-13(12-31-18)21(24,25)26/h1,4,7,10-11,13,19-21,38,43H,3,5-6,8-9,12,14-17H2;3-8,10,12H,9,11H2,(H2,30,33). The van der Waals surface area contributed by atoms with Gasteiger partial charge in [0.15, 0.2) is 5.82 Å². The van der Waals surface area contributed by atoms with E-state index in [0.717, 1.165) is 49.3 Å². The number of nitrogens with zero attached hydrogens (tertiary/aromatic N) is 9. The normalized spacial score (nSPS) is 19.8. The molecule has 1 amide bonds. The summed E-state index contributed by atoms with van der Waals surface area (Å²) in [5.74, 6) is 5.09. The second-order valence-electron chi connectivity index (χ2n) is 19.6. The summed E-state index contributed by atoms with van der Waals surface area (Å²) >= 11 is 0. The molecular formula is C55H45F10N11O3. The van der Waals surface area contributed by atoms with Gasteiger partial charge in [-0.25, -0.2) is 17.6 Å². The second kappa shape index (κ2) is 21.5. The molecule has 408 valence electrons. The van der Waals surface area contributed by atoms with Gasteiger partial charge in [-0.15, -0.1) is 16.6 Å². The number of fused-ring (bicyclic) bond motifs is 5. The number of carbonyl (C=O) groups excluding carboxylic acids is 1. The average molecular weight is 1100 g/mol. The van der Waals surface area contributed by atoms with E-state index in [0.29, 0.717) is 54.7 Å². The smallest absolute Gasteiger partial charge is 0.418 e. The van der Waals surface area contributed by atoms with Gasteiger partial charge >= 0.3 is 18.4 Å². The molecule has 11 rings (SSSR count). The summed E-state index contributed by atoms with van der Waals surface area (Å²) in [6.45, 7) is 2.42. The van der Waals surface area contributed by atoms with E-state index in [4.69, 9.17) is 21.9 Å². The SMILES string of the molecule is C#Cc1c(F)ccc2cc(O)cc(-c3ncc4c(N5CC6CCC(C5)N6)nc(OCC56CCCN5CC(F)C6)nc4c3F)c12.Nc1ccc(C#CCN(C(=O)Cc2ncc(C(F)(F)F)cc2C(F)(F)F)c2ccc(F)cc2)nn1. The first-order valence-corrected chi connectivity index (χ1v) is 24.7. The number of ether oxygens (including phenoxy) is 1. The lowest BCUT2D eigenvalue weighted by Crippen LogP contribution is -2.51. The minimum atomic E-state index is -5.20. The minimum absolute atomic E-state index is 0.00778. The van der Waals surface area contributed by atoms with Gasteiger partial charge in [-0.2, -0.15) is 36.3 Å². The summed E-state index contributed by atoms with van der Waals surface area (Å²) in [6.07, 6.45) is -0.494. The number of aromatic nitrogens is 6. The van der Waals surface area contributed by atoms with Crippen LogP contribution >= 0.6 is 0 Å². The van der Waals surface area contributed by atoms with E-state index < -0.39 is 70.7 Å². The number of amides is 1. The molecule has 3 aromatic carbocycles. The van der Waals surface area contributed by atoms with Gasteiger partial charge in [-0.05, 0) is 104 Å². The Labute approximate surface area is 444 Å². The number of hydrogen-bond donors (Lipinski definition) is 3. The number of pyridine rings is 2. The van der Waals surface area contributed by atoms with Gasteiger partial charge < -0.3 is 30.7 Å². The highest BCUT2D eigenvalue weighted by atomic mass is 19.4. The van der Waals surface area contributed by atoms with Crippen molar-refractivity contribution in [2.24, 2.45) is 0 Å². The van der Waals surface area contributed by atoms with Crippen LogP contribution in [0, 0.1) is 41.6 Å². The minimum Gasteiger partial charge on any atom is -0.508 e. The fourth-order valence-electron chi connectivity index (χ4n) is 10.7. The number of phenolic OH excluding ortho intramolecular Hbond substituents is 1. The lowest BCUT2D eigenvalue weighted by Gasteiger charge is -2.34. The molecule has 4 aliphatic rings. The summed E-state index contributed by atoms with van der Waals surface area (Å²) in [7, 11) is 0. The molecule has 0 saturated carbocycles. The van der Waals surface area contributed by atoms with E-state index in [1.54, 1.807) is 0 Å². The largest absolute Gasteiger partial charge is 0.508 e. The zero-order valence-electron chi connectivity index (χ0n) is 41.4. The molecule has 0 spiro atoms. The quantitative estimate of drug-likeness (QED) is 0.0926. The fourth-order valence-corrected chi connectivity index (χ4v) is 10.7. The van der Waals surface area contributed by atoms with Crippen molar-refractivity contribution in [1.82, 2.24) is 40.3 Å². The molecule has 4 N–H and O–H groups in total. The Hall–Kier alpha value is -8.35. The van der Waals surface area contributed by atoms with Crippen LogP contribution in [0.15, 0.2) is 79.1 Å². The number of hydrogen-bond acceptors (Lipinski definition) is 13. The number of anilines is 3. The molecule has 8 heterocycles. The molecule has 4 atom stereocenters. The van der Waals surface area contributed by atoms with Gasteiger partial charge in [-0.3, -0.25) is 19.7 Å².